The van der Waals surface area contributed by atoms with E-state index in [1.165, 1.54) is 6.08 Å². The number of halogens is 3. The molecule has 1 aliphatic carbocycles. The van der Waals surface area contributed by atoms with E-state index >= 15 is 0 Å². The zero-order valence-electron chi connectivity index (χ0n) is 9.53. The monoisotopic (exact) mass is 274 g/mol. The number of hydrogen-bond acceptors (Lipinski definition) is 3. The fraction of sp³-hybridized carbons (Fsp3) is 0.250. The molecule has 102 valence electrons. The van der Waals surface area contributed by atoms with Gasteiger partial charge in [0, 0.05) is 5.57 Å². The predicted octanol–water partition coefficient (Wildman–Crippen LogP) is 3.01. The minimum atomic E-state index is -4.49. The Morgan fingerprint density at radius 3 is 2.53 bits per heavy atom. The van der Waals surface area contributed by atoms with Crippen LogP contribution in [0, 0.1) is 0 Å². The summed E-state index contributed by atoms with van der Waals surface area (Å²) in [4.78, 5) is 10.6. The molecule has 0 saturated heterocycles. The van der Waals surface area contributed by atoms with Gasteiger partial charge in [0.15, 0.2) is 5.76 Å². The average Bonchev–Trinajstić information content (AvgIpc) is 2.38. The molecule has 0 radical (unpaired) electrons. The molecule has 4 nitrogen and oxygen atoms in total. The molecule has 0 spiro atoms. The summed E-state index contributed by atoms with van der Waals surface area (Å²) in [5.41, 5.74) is -0.850. The number of ether oxygens (including phenoxy) is 2. The Morgan fingerprint density at radius 2 is 2.00 bits per heavy atom. The van der Waals surface area contributed by atoms with E-state index in [2.05, 4.69) is 0 Å². The van der Waals surface area contributed by atoms with Crippen molar-refractivity contribution in [3.8, 4) is 0 Å². The van der Waals surface area contributed by atoms with Gasteiger partial charge < -0.3 is 14.6 Å². The van der Waals surface area contributed by atoms with E-state index in [9.17, 15) is 18.0 Å². The first-order valence-electron chi connectivity index (χ1n) is 5.34. The molecule has 0 aromatic heterocycles. The third kappa shape index (κ3) is 2.81. The predicted molar refractivity (Wildman–Crippen MR) is 57.4 cm³/mol. The summed E-state index contributed by atoms with van der Waals surface area (Å²) in [6, 6.07) is 0. The van der Waals surface area contributed by atoms with Gasteiger partial charge in [0.25, 0.3) is 0 Å². The van der Waals surface area contributed by atoms with Crippen LogP contribution in [0.2, 0.25) is 0 Å². The highest BCUT2D eigenvalue weighted by Crippen LogP contribution is 2.37. The second-order valence-electron chi connectivity index (χ2n) is 3.84. The fourth-order valence-corrected chi connectivity index (χ4v) is 1.72. The summed E-state index contributed by atoms with van der Waals surface area (Å²) in [5.74, 6) is -1.96. The number of alkyl halides is 3. The van der Waals surface area contributed by atoms with Crippen LogP contribution in [0.15, 0.2) is 47.3 Å². The zero-order valence-corrected chi connectivity index (χ0v) is 9.53. The Kier molecular flexibility index (Phi) is 3.37. The van der Waals surface area contributed by atoms with E-state index in [4.69, 9.17) is 14.6 Å². The molecule has 0 aromatic carbocycles. The Balaban J connectivity index is 2.29. The maximum absolute atomic E-state index is 12.8. The van der Waals surface area contributed by atoms with Gasteiger partial charge in [-0.3, -0.25) is 0 Å². The van der Waals surface area contributed by atoms with Crippen molar-refractivity contribution in [2.45, 2.75) is 19.0 Å². The number of aliphatic carboxylic acids is 1. The molecule has 0 unspecified atom stereocenters. The second kappa shape index (κ2) is 4.83. The van der Waals surface area contributed by atoms with Crippen LogP contribution in [0.4, 0.5) is 13.2 Å². The van der Waals surface area contributed by atoms with Gasteiger partial charge in [-0.05, 0) is 12.8 Å². The Morgan fingerprint density at radius 1 is 1.26 bits per heavy atom. The lowest BCUT2D eigenvalue weighted by Crippen LogP contribution is -2.17. The van der Waals surface area contributed by atoms with E-state index in [1.54, 1.807) is 0 Å². The smallest absolute Gasteiger partial charge is 0.416 e. The molecular formula is C12H9F3O4. The van der Waals surface area contributed by atoms with Crippen molar-refractivity contribution in [3.05, 3.63) is 47.3 Å². The van der Waals surface area contributed by atoms with Crippen LogP contribution >= 0.6 is 0 Å². The van der Waals surface area contributed by atoms with E-state index in [1.807, 2.05) is 0 Å². The Hall–Kier alpha value is -2.18. The SMILES string of the molecule is O=C(O)C1=COC(C2=C(C(F)(F)F)C=CCC2)=CO1. The van der Waals surface area contributed by atoms with Crippen molar-refractivity contribution in [2.75, 3.05) is 0 Å². The fourth-order valence-electron chi connectivity index (χ4n) is 1.72. The molecule has 2 aliphatic rings. The van der Waals surface area contributed by atoms with Gasteiger partial charge in [-0.25, -0.2) is 4.79 Å². The van der Waals surface area contributed by atoms with Crippen molar-refractivity contribution in [1.29, 1.82) is 0 Å². The third-order valence-corrected chi connectivity index (χ3v) is 2.57. The maximum Gasteiger partial charge on any atom is 0.416 e. The molecule has 0 fully saturated rings. The summed E-state index contributed by atoms with van der Waals surface area (Å²) >= 11 is 0. The lowest BCUT2D eigenvalue weighted by molar-refractivity contribution is -0.136. The number of hydrogen-bond donors (Lipinski definition) is 1. The van der Waals surface area contributed by atoms with Crippen molar-refractivity contribution in [1.82, 2.24) is 0 Å². The van der Waals surface area contributed by atoms with E-state index in [0.29, 0.717) is 6.42 Å². The highest BCUT2D eigenvalue weighted by Gasteiger charge is 2.37. The van der Waals surface area contributed by atoms with Crippen LogP contribution in [-0.2, 0) is 14.3 Å². The lowest BCUT2D eigenvalue weighted by Gasteiger charge is -2.21. The molecule has 0 saturated carbocycles. The molecule has 7 heteroatoms. The van der Waals surface area contributed by atoms with E-state index in [-0.39, 0.29) is 17.8 Å². The van der Waals surface area contributed by atoms with Crippen LogP contribution < -0.4 is 0 Å². The number of rotatable bonds is 2. The Labute approximate surface area is 106 Å². The minimum Gasteiger partial charge on any atom is -0.475 e. The van der Waals surface area contributed by atoms with Crippen LogP contribution in [0.5, 0.6) is 0 Å². The van der Waals surface area contributed by atoms with Gasteiger partial charge in [-0.15, -0.1) is 0 Å². The highest BCUT2D eigenvalue weighted by molar-refractivity contribution is 5.84. The first-order valence-corrected chi connectivity index (χ1v) is 5.34. The van der Waals surface area contributed by atoms with Gasteiger partial charge in [-0.1, -0.05) is 12.2 Å². The summed E-state index contributed by atoms with van der Waals surface area (Å²) < 4.78 is 48.1. The topological polar surface area (TPSA) is 55.8 Å². The number of carbonyl (C=O) groups is 1. The van der Waals surface area contributed by atoms with E-state index in [0.717, 1.165) is 18.6 Å². The normalized spacial score (nSPS) is 19.3. The van der Waals surface area contributed by atoms with Crippen LogP contribution in [0.3, 0.4) is 0 Å². The molecule has 1 heterocycles. The molecular weight excluding hydrogens is 265 g/mol. The standard InChI is InChI=1S/C12H9F3O4/c13-12(14,15)8-4-2-1-3-7(8)9-5-19-10(6-18-9)11(16)17/h2,4-6H,1,3H2,(H,16,17). The molecule has 19 heavy (non-hydrogen) atoms. The average molecular weight is 274 g/mol. The zero-order chi connectivity index (χ0) is 14.0. The van der Waals surface area contributed by atoms with Gasteiger partial charge >= 0.3 is 12.1 Å². The van der Waals surface area contributed by atoms with E-state index < -0.39 is 23.5 Å². The quantitative estimate of drug-likeness (QED) is 0.841. The summed E-state index contributed by atoms with van der Waals surface area (Å²) in [6.07, 6.45) is 0.171. The van der Waals surface area contributed by atoms with Crippen molar-refractivity contribution >= 4 is 5.97 Å². The largest absolute Gasteiger partial charge is 0.475 e. The number of carboxylic acids is 1. The third-order valence-electron chi connectivity index (χ3n) is 2.57. The second-order valence-corrected chi connectivity index (χ2v) is 3.84. The van der Waals surface area contributed by atoms with Crippen molar-refractivity contribution in [2.24, 2.45) is 0 Å². The van der Waals surface area contributed by atoms with Crippen molar-refractivity contribution in [3.63, 3.8) is 0 Å². The van der Waals surface area contributed by atoms with Crippen LogP contribution in [-0.4, -0.2) is 17.3 Å². The molecule has 2 rings (SSSR count). The number of allylic oxidation sites excluding steroid dienone is 4. The number of carboxylic acid groups (broad SMARTS) is 1. The molecule has 1 aliphatic heterocycles. The summed E-state index contributed by atoms with van der Waals surface area (Å²) in [6.45, 7) is 0. The van der Waals surface area contributed by atoms with Gasteiger partial charge in [0.1, 0.15) is 12.5 Å². The molecule has 0 atom stereocenters. The lowest BCUT2D eigenvalue weighted by atomic mass is 9.96. The molecule has 0 bridgehead atoms. The van der Waals surface area contributed by atoms with Crippen molar-refractivity contribution < 1.29 is 32.5 Å². The first-order chi connectivity index (χ1) is 8.89. The van der Waals surface area contributed by atoms with Crippen LogP contribution in [0.1, 0.15) is 12.8 Å². The molecule has 0 amide bonds. The molecule has 1 N–H and O–H groups in total. The summed E-state index contributed by atoms with van der Waals surface area (Å²) in [7, 11) is 0. The van der Waals surface area contributed by atoms with Gasteiger partial charge in [0.05, 0.1) is 5.57 Å². The Bertz CT molecular complexity index is 524. The van der Waals surface area contributed by atoms with Gasteiger partial charge in [-0.2, -0.15) is 13.2 Å². The minimum absolute atomic E-state index is 0.0457. The highest BCUT2D eigenvalue weighted by atomic mass is 19.4. The van der Waals surface area contributed by atoms with Crippen LogP contribution in [0.25, 0.3) is 0 Å². The van der Waals surface area contributed by atoms with Gasteiger partial charge in [0.2, 0.25) is 5.76 Å². The first kappa shape index (κ1) is 13.3. The summed E-state index contributed by atoms with van der Waals surface area (Å²) in [5, 5.41) is 8.61. The maximum atomic E-state index is 12.8. The molecule has 0 aromatic rings.